The van der Waals surface area contributed by atoms with Crippen LogP contribution in [0.15, 0.2) is 24.3 Å². The Labute approximate surface area is 88.4 Å². The van der Waals surface area contributed by atoms with Crippen molar-refractivity contribution in [2.45, 2.75) is 0 Å². The Bertz CT molecular complexity index is 460. The number of amides is 1. The van der Waals surface area contributed by atoms with Crippen LogP contribution in [0.2, 0.25) is 0 Å². The molecule has 0 unspecified atom stereocenters. The molecule has 0 aromatic heterocycles. The van der Waals surface area contributed by atoms with Gasteiger partial charge in [0.1, 0.15) is 5.75 Å². The molecule has 15 heavy (non-hydrogen) atoms. The lowest BCUT2D eigenvalue weighted by Crippen LogP contribution is -2.21. The Balaban J connectivity index is 2.84. The van der Waals surface area contributed by atoms with Crippen molar-refractivity contribution in [2.75, 3.05) is 7.05 Å². The molecule has 0 heterocycles. The molecule has 0 aliphatic heterocycles. The predicted molar refractivity (Wildman–Crippen MR) is 57.2 cm³/mol. The van der Waals surface area contributed by atoms with Crippen molar-refractivity contribution in [3.8, 4) is 29.9 Å². The van der Waals surface area contributed by atoms with Crippen LogP contribution < -0.4 is 10.1 Å². The van der Waals surface area contributed by atoms with Crippen LogP contribution in [0.5, 0.6) is 5.75 Å². The highest BCUT2D eigenvalue weighted by atomic mass is 16.5. The first-order valence-corrected chi connectivity index (χ1v) is 4.22. The summed E-state index contributed by atoms with van der Waals surface area (Å²) in [5, 5.41) is 2.35. The Kier molecular flexibility index (Phi) is 3.82. The van der Waals surface area contributed by atoms with E-state index in [-0.39, 0.29) is 0 Å². The maximum atomic E-state index is 10.9. The number of carbonyl (C=O) groups excluding carboxylic acids is 1. The van der Waals surface area contributed by atoms with E-state index < -0.39 is 6.09 Å². The highest BCUT2D eigenvalue weighted by molar-refractivity contribution is 5.70. The number of benzene rings is 1. The van der Waals surface area contributed by atoms with E-state index in [0.29, 0.717) is 11.3 Å². The van der Waals surface area contributed by atoms with Gasteiger partial charge in [0.15, 0.2) is 0 Å². The molecule has 0 aliphatic carbocycles. The molecule has 0 saturated heterocycles. The Morgan fingerprint density at radius 1 is 1.53 bits per heavy atom. The summed E-state index contributed by atoms with van der Waals surface area (Å²) >= 11 is 0. The average molecular weight is 199 g/mol. The molecule has 0 atom stereocenters. The van der Waals surface area contributed by atoms with E-state index in [1.165, 1.54) is 7.05 Å². The lowest BCUT2D eigenvalue weighted by molar-refractivity contribution is 0.203. The van der Waals surface area contributed by atoms with Crippen molar-refractivity contribution in [1.82, 2.24) is 5.32 Å². The van der Waals surface area contributed by atoms with E-state index in [1.54, 1.807) is 24.3 Å². The molecule has 74 valence electrons. The number of carbonyl (C=O) groups is 1. The van der Waals surface area contributed by atoms with Crippen molar-refractivity contribution >= 4 is 6.09 Å². The van der Waals surface area contributed by atoms with Crippen LogP contribution in [0.3, 0.4) is 0 Å². The van der Waals surface area contributed by atoms with Crippen LogP contribution >= 0.6 is 0 Å². The molecule has 0 spiro atoms. The molecule has 0 saturated carbocycles. The van der Waals surface area contributed by atoms with Crippen LogP contribution in [0.4, 0.5) is 4.79 Å². The van der Waals surface area contributed by atoms with E-state index >= 15 is 0 Å². The summed E-state index contributed by atoms with van der Waals surface area (Å²) in [6, 6.07) is 6.82. The quantitative estimate of drug-likeness (QED) is 0.694. The highest BCUT2D eigenvalue weighted by Crippen LogP contribution is 2.12. The minimum Gasteiger partial charge on any atom is -0.410 e. The summed E-state index contributed by atoms with van der Waals surface area (Å²) in [7, 11) is 1.49. The van der Waals surface area contributed by atoms with Crippen molar-refractivity contribution in [3.05, 3.63) is 29.8 Å². The zero-order chi connectivity index (χ0) is 11.1. The number of rotatable bonds is 1. The van der Waals surface area contributed by atoms with E-state index in [9.17, 15) is 4.79 Å². The Hall–Kier alpha value is -2.39. The summed E-state index contributed by atoms with van der Waals surface area (Å²) in [6.45, 7) is 0. The number of ether oxygens (including phenoxy) is 1. The minimum atomic E-state index is -0.517. The average Bonchev–Trinajstić information content (AvgIpc) is 2.26. The summed E-state index contributed by atoms with van der Waals surface area (Å²) in [5.41, 5.74) is 0.703. The zero-order valence-corrected chi connectivity index (χ0v) is 8.20. The first-order valence-electron chi connectivity index (χ1n) is 4.22. The van der Waals surface area contributed by atoms with Gasteiger partial charge in [-0.25, -0.2) is 4.79 Å². The van der Waals surface area contributed by atoms with Gasteiger partial charge in [-0.1, -0.05) is 12.0 Å². The van der Waals surface area contributed by atoms with E-state index in [1.807, 2.05) is 0 Å². The zero-order valence-electron chi connectivity index (χ0n) is 8.20. The fourth-order valence-corrected chi connectivity index (χ4v) is 0.904. The third kappa shape index (κ3) is 3.46. The monoisotopic (exact) mass is 199 g/mol. The van der Waals surface area contributed by atoms with Gasteiger partial charge in [0.05, 0.1) is 0 Å². The van der Waals surface area contributed by atoms with Gasteiger partial charge in [0, 0.05) is 12.6 Å². The number of terminal acetylenes is 1. The predicted octanol–water partition coefficient (Wildman–Crippen LogP) is 1.39. The van der Waals surface area contributed by atoms with Crippen molar-refractivity contribution < 1.29 is 9.53 Å². The van der Waals surface area contributed by atoms with Gasteiger partial charge in [0.2, 0.25) is 0 Å². The van der Waals surface area contributed by atoms with Crippen LogP contribution in [0.25, 0.3) is 0 Å². The molecule has 0 bridgehead atoms. The second-order valence-electron chi connectivity index (χ2n) is 2.56. The highest BCUT2D eigenvalue weighted by Gasteiger charge is 2.00. The summed E-state index contributed by atoms with van der Waals surface area (Å²) < 4.78 is 4.91. The lowest BCUT2D eigenvalue weighted by Gasteiger charge is -2.02. The minimum absolute atomic E-state index is 0.429. The molecule has 0 aliphatic rings. The smallest absolute Gasteiger partial charge is 0.410 e. The van der Waals surface area contributed by atoms with Crippen molar-refractivity contribution in [2.24, 2.45) is 0 Å². The maximum Gasteiger partial charge on any atom is 0.412 e. The van der Waals surface area contributed by atoms with Crippen LogP contribution in [-0.2, 0) is 0 Å². The van der Waals surface area contributed by atoms with Gasteiger partial charge in [-0.2, -0.15) is 0 Å². The molecule has 0 fully saturated rings. The first-order chi connectivity index (χ1) is 7.26. The fraction of sp³-hybridized carbons (Fsp3) is 0.0833. The molecule has 1 N–H and O–H groups in total. The largest absolute Gasteiger partial charge is 0.412 e. The fourth-order valence-electron chi connectivity index (χ4n) is 0.904. The summed E-state index contributed by atoms with van der Waals surface area (Å²) in [6.07, 6.45) is 4.48. The maximum absolute atomic E-state index is 10.9. The normalized spacial score (nSPS) is 8.00. The van der Waals surface area contributed by atoms with Gasteiger partial charge in [0.25, 0.3) is 0 Å². The second-order valence-corrected chi connectivity index (χ2v) is 2.56. The molecule has 3 heteroatoms. The molecular formula is C12H9NO2. The molecule has 1 amide bonds. The molecule has 1 aromatic carbocycles. The molecule has 0 radical (unpaired) electrons. The van der Waals surface area contributed by atoms with Gasteiger partial charge in [-0.05, 0) is 30.0 Å². The first kappa shape index (κ1) is 10.7. The lowest BCUT2D eigenvalue weighted by atomic mass is 10.2. The molecular weight excluding hydrogens is 190 g/mol. The van der Waals surface area contributed by atoms with Crippen LogP contribution in [0, 0.1) is 24.2 Å². The topological polar surface area (TPSA) is 38.3 Å². The number of nitrogens with one attached hydrogen (secondary N) is 1. The number of hydrogen-bond donors (Lipinski definition) is 1. The van der Waals surface area contributed by atoms with Crippen molar-refractivity contribution in [3.63, 3.8) is 0 Å². The standard InChI is InChI=1S/C12H9NO2/c1-3-4-6-10-7-5-8-11(9-10)15-12(14)13-2/h1,5,7-9H,2H3,(H,13,14). The van der Waals surface area contributed by atoms with Crippen LogP contribution in [-0.4, -0.2) is 13.1 Å². The summed E-state index contributed by atoms with van der Waals surface area (Å²) in [5.74, 6) is 7.84. The molecule has 1 rings (SSSR count). The Morgan fingerprint density at radius 3 is 3.00 bits per heavy atom. The van der Waals surface area contributed by atoms with Crippen LogP contribution in [0.1, 0.15) is 5.56 Å². The third-order valence-electron chi connectivity index (χ3n) is 1.53. The van der Waals surface area contributed by atoms with Gasteiger partial charge >= 0.3 is 6.09 Å². The van der Waals surface area contributed by atoms with Gasteiger partial charge in [-0.15, -0.1) is 6.42 Å². The van der Waals surface area contributed by atoms with E-state index in [0.717, 1.165) is 0 Å². The van der Waals surface area contributed by atoms with E-state index in [4.69, 9.17) is 11.2 Å². The molecule has 1 aromatic rings. The van der Waals surface area contributed by atoms with Crippen molar-refractivity contribution in [1.29, 1.82) is 0 Å². The summed E-state index contributed by atoms with van der Waals surface area (Å²) in [4.78, 5) is 10.9. The van der Waals surface area contributed by atoms with E-state index in [2.05, 4.69) is 23.1 Å². The SMILES string of the molecule is C#CC#Cc1cccc(OC(=O)NC)c1. The third-order valence-corrected chi connectivity index (χ3v) is 1.53. The number of hydrogen-bond acceptors (Lipinski definition) is 2. The second kappa shape index (κ2) is 5.36. The molecule has 3 nitrogen and oxygen atoms in total. The van der Waals surface area contributed by atoms with Gasteiger partial charge < -0.3 is 10.1 Å². The Morgan fingerprint density at radius 2 is 2.33 bits per heavy atom. The van der Waals surface area contributed by atoms with Gasteiger partial charge in [-0.3, -0.25) is 0 Å².